The van der Waals surface area contributed by atoms with Crippen LogP contribution in [0.4, 0.5) is 5.69 Å². The quantitative estimate of drug-likeness (QED) is 0.812. The summed E-state index contributed by atoms with van der Waals surface area (Å²) in [6, 6.07) is 8.30. The molecule has 0 aliphatic heterocycles. The van der Waals surface area contributed by atoms with Crippen molar-refractivity contribution in [2.45, 2.75) is 44.7 Å². The maximum atomic E-state index is 5.90. The summed E-state index contributed by atoms with van der Waals surface area (Å²) in [7, 11) is 0. The highest BCUT2D eigenvalue weighted by atomic mass is 35.5. The van der Waals surface area contributed by atoms with Gasteiger partial charge in [0.05, 0.1) is 18.4 Å². The van der Waals surface area contributed by atoms with Gasteiger partial charge >= 0.3 is 0 Å². The van der Waals surface area contributed by atoms with Gasteiger partial charge in [0, 0.05) is 17.3 Å². The summed E-state index contributed by atoms with van der Waals surface area (Å²) in [5, 5.41) is 12.4. The summed E-state index contributed by atoms with van der Waals surface area (Å²) in [6.45, 7) is 0.710. The second kappa shape index (κ2) is 7.79. The van der Waals surface area contributed by atoms with Gasteiger partial charge in [-0.15, -0.1) is 0 Å². The molecule has 0 saturated heterocycles. The van der Waals surface area contributed by atoms with Crippen molar-refractivity contribution in [1.29, 1.82) is 0 Å². The number of nitrogens with one attached hydrogen (secondary N) is 2. The lowest BCUT2D eigenvalue weighted by Crippen LogP contribution is -2.38. The third-order valence-corrected chi connectivity index (χ3v) is 4.56. The Hall–Kier alpha value is -1.59. The third kappa shape index (κ3) is 4.94. The average Bonchev–Trinajstić information content (AvgIpc) is 2.97. The highest BCUT2D eigenvalue weighted by molar-refractivity contribution is 7.80. The number of benzene rings is 1. The SMILES string of the molecule is S=C(Nc1cnn(Cc2ccc(Cl)cc2)c1)NC1CCCCC1. The normalized spacial score (nSPS) is 15.3. The van der Waals surface area contributed by atoms with Crippen molar-refractivity contribution >= 4 is 34.6 Å². The number of rotatable bonds is 4. The molecule has 1 heterocycles. The molecule has 0 bridgehead atoms. The topological polar surface area (TPSA) is 41.9 Å². The molecule has 0 radical (unpaired) electrons. The molecule has 0 spiro atoms. The van der Waals surface area contributed by atoms with Gasteiger partial charge in [-0.1, -0.05) is 43.0 Å². The molecule has 0 amide bonds. The number of nitrogens with zero attached hydrogens (tertiary/aromatic N) is 2. The zero-order valence-electron chi connectivity index (χ0n) is 13.0. The molecule has 4 nitrogen and oxygen atoms in total. The van der Waals surface area contributed by atoms with Gasteiger partial charge in [-0.05, 0) is 42.8 Å². The second-order valence-corrected chi connectivity index (χ2v) is 6.83. The summed E-state index contributed by atoms with van der Waals surface area (Å²) >= 11 is 11.3. The number of halogens is 1. The summed E-state index contributed by atoms with van der Waals surface area (Å²) in [4.78, 5) is 0. The molecule has 6 heteroatoms. The average molecular weight is 349 g/mol. The van der Waals surface area contributed by atoms with Crippen molar-refractivity contribution in [3.05, 3.63) is 47.2 Å². The standard InChI is InChI=1S/C17H21ClN4S/c18-14-8-6-13(7-9-14)11-22-12-16(10-19-22)21-17(23)20-15-4-2-1-3-5-15/h6-10,12,15H,1-5,11H2,(H2,20,21,23). The summed E-state index contributed by atoms with van der Waals surface area (Å²) in [5.74, 6) is 0. The maximum Gasteiger partial charge on any atom is 0.171 e. The van der Waals surface area contributed by atoms with Crippen molar-refractivity contribution in [2.75, 3.05) is 5.32 Å². The lowest BCUT2D eigenvalue weighted by atomic mass is 9.96. The minimum Gasteiger partial charge on any atom is -0.360 e. The van der Waals surface area contributed by atoms with E-state index in [2.05, 4.69) is 15.7 Å². The van der Waals surface area contributed by atoms with Crippen molar-refractivity contribution in [3.8, 4) is 0 Å². The largest absolute Gasteiger partial charge is 0.360 e. The van der Waals surface area contributed by atoms with E-state index in [4.69, 9.17) is 23.8 Å². The van der Waals surface area contributed by atoms with Crippen LogP contribution in [0.5, 0.6) is 0 Å². The summed E-state index contributed by atoms with van der Waals surface area (Å²) in [5.41, 5.74) is 2.07. The van der Waals surface area contributed by atoms with Crippen LogP contribution in [0.1, 0.15) is 37.7 Å². The fourth-order valence-electron chi connectivity index (χ4n) is 2.89. The van der Waals surface area contributed by atoms with Crippen LogP contribution in [-0.2, 0) is 6.54 Å². The van der Waals surface area contributed by atoms with E-state index in [1.165, 1.54) is 32.1 Å². The van der Waals surface area contributed by atoms with E-state index in [1.54, 1.807) is 6.20 Å². The molecule has 1 fully saturated rings. The Labute approximate surface area is 147 Å². The summed E-state index contributed by atoms with van der Waals surface area (Å²) < 4.78 is 1.88. The molecule has 2 N–H and O–H groups in total. The van der Waals surface area contributed by atoms with E-state index < -0.39 is 0 Å². The Balaban J connectivity index is 1.52. The Kier molecular flexibility index (Phi) is 5.51. The van der Waals surface area contributed by atoms with Gasteiger partial charge in [0.1, 0.15) is 0 Å². The van der Waals surface area contributed by atoms with Crippen LogP contribution in [0.3, 0.4) is 0 Å². The lowest BCUT2D eigenvalue weighted by molar-refractivity contribution is 0.415. The monoisotopic (exact) mass is 348 g/mol. The van der Waals surface area contributed by atoms with E-state index in [0.29, 0.717) is 17.7 Å². The minimum atomic E-state index is 0.507. The maximum absolute atomic E-state index is 5.90. The van der Waals surface area contributed by atoms with E-state index in [0.717, 1.165) is 16.3 Å². The molecule has 23 heavy (non-hydrogen) atoms. The molecule has 122 valence electrons. The Morgan fingerprint density at radius 3 is 2.70 bits per heavy atom. The van der Waals surface area contributed by atoms with Crippen LogP contribution in [0.2, 0.25) is 5.02 Å². The molecular formula is C17H21ClN4S. The van der Waals surface area contributed by atoms with Gasteiger partial charge < -0.3 is 10.6 Å². The second-order valence-electron chi connectivity index (χ2n) is 5.99. The third-order valence-electron chi connectivity index (χ3n) is 4.09. The number of hydrogen-bond donors (Lipinski definition) is 2. The molecule has 2 aromatic rings. The van der Waals surface area contributed by atoms with Gasteiger partial charge in [-0.3, -0.25) is 4.68 Å². The zero-order chi connectivity index (χ0) is 16.1. The van der Waals surface area contributed by atoms with Crippen LogP contribution in [-0.4, -0.2) is 20.9 Å². The van der Waals surface area contributed by atoms with Crippen LogP contribution < -0.4 is 10.6 Å². The molecule has 0 atom stereocenters. The Morgan fingerprint density at radius 1 is 1.22 bits per heavy atom. The molecule has 1 aliphatic carbocycles. The van der Waals surface area contributed by atoms with Crippen molar-refractivity contribution < 1.29 is 0 Å². The first-order chi connectivity index (χ1) is 11.2. The predicted octanol–water partition coefficient (Wildman–Crippen LogP) is 4.20. The zero-order valence-corrected chi connectivity index (χ0v) is 14.5. The molecule has 3 rings (SSSR count). The fraction of sp³-hybridized carbons (Fsp3) is 0.412. The molecule has 1 saturated carbocycles. The number of hydrogen-bond acceptors (Lipinski definition) is 2. The smallest absolute Gasteiger partial charge is 0.171 e. The Morgan fingerprint density at radius 2 is 1.96 bits per heavy atom. The van der Waals surface area contributed by atoms with E-state index in [1.807, 2.05) is 35.1 Å². The molecule has 1 aliphatic rings. The highest BCUT2D eigenvalue weighted by Crippen LogP contribution is 2.17. The van der Waals surface area contributed by atoms with Crippen molar-refractivity contribution in [2.24, 2.45) is 0 Å². The first kappa shape index (κ1) is 16.3. The first-order valence-corrected chi connectivity index (χ1v) is 8.82. The van der Waals surface area contributed by atoms with Crippen molar-refractivity contribution in [1.82, 2.24) is 15.1 Å². The number of anilines is 1. The van der Waals surface area contributed by atoms with Gasteiger partial charge in [0.15, 0.2) is 5.11 Å². The van der Waals surface area contributed by atoms with E-state index >= 15 is 0 Å². The lowest BCUT2D eigenvalue weighted by Gasteiger charge is -2.24. The van der Waals surface area contributed by atoms with Gasteiger partial charge in [-0.25, -0.2) is 0 Å². The van der Waals surface area contributed by atoms with Gasteiger partial charge in [0.2, 0.25) is 0 Å². The van der Waals surface area contributed by atoms with Crippen LogP contribution in [0, 0.1) is 0 Å². The first-order valence-electron chi connectivity index (χ1n) is 8.03. The van der Waals surface area contributed by atoms with E-state index in [9.17, 15) is 0 Å². The number of thiocarbonyl (C=S) groups is 1. The fourth-order valence-corrected chi connectivity index (χ4v) is 3.30. The molecule has 0 unspecified atom stereocenters. The summed E-state index contributed by atoms with van der Waals surface area (Å²) in [6.07, 6.45) is 10.1. The number of aromatic nitrogens is 2. The minimum absolute atomic E-state index is 0.507. The Bertz CT molecular complexity index is 647. The molecular weight excluding hydrogens is 328 g/mol. The van der Waals surface area contributed by atoms with Crippen molar-refractivity contribution in [3.63, 3.8) is 0 Å². The predicted molar refractivity (Wildman–Crippen MR) is 99.0 cm³/mol. The van der Waals surface area contributed by atoms with Crippen LogP contribution in [0.25, 0.3) is 0 Å². The van der Waals surface area contributed by atoms with Crippen LogP contribution in [0.15, 0.2) is 36.7 Å². The molecule has 1 aromatic carbocycles. The van der Waals surface area contributed by atoms with Gasteiger partial charge in [0.25, 0.3) is 0 Å². The van der Waals surface area contributed by atoms with E-state index in [-0.39, 0.29) is 0 Å². The van der Waals surface area contributed by atoms with Gasteiger partial charge in [-0.2, -0.15) is 5.10 Å². The van der Waals surface area contributed by atoms with Crippen LogP contribution >= 0.6 is 23.8 Å². The highest BCUT2D eigenvalue weighted by Gasteiger charge is 2.14. The molecule has 1 aromatic heterocycles.